The van der Waals surface area contributed by atoms with Crippen LogP contribution in [0, 0.1) is 25.2 Å². The van der Waals surface area contributed by atoms with Gasteiger partial charge in [-0.1, -0.05) is 16.6 Å². The number of hydrogen-bond acceptors (Lipinski definition) is 12. The van der Waals surface area contributed by atoms with Crippen molar-refractivity contribution in [2.24, 2.45) is 10.2 Å². The van der Waals surface area contributed by atoms with Gasteiger partial charge < -0.3 is 15.1 Å². The van der Waals surface area contributed by atoms with E-state index in [4.69, 9.17) is 16.9 Å². The highest BCUT2D eigenvalue weighted by atomic mass is 35.5. The van der Waals surface area contributed by atoms with Crippen LogP contribution >= 0.6 is 23.6 Å². The fraction of sp³-hybridized carbons (Fsp3) is 0.261. The van der Waals surface area contributed by atoms with Crippen LogP contribution in [-0.4, -0.2) is 67.1 Å². The zero-order valence-corrected chi connectivity index (χ0v) is 25.0. The van der Waals surface area contributed by atoms with Crippen LogP contribution in [0.25, 0.3) is 5.69 Å². The van der Waals surface area contributed by atoms with Crippen LogP contribution in [-0.2, 0) is 19.5 Å². The fourth-order valence-corrected chi connectivity index (χ4v) is 5.17. The molecule has 0 aliphatic carbocycles. The summed E-state index contributed by atoms with van der Waals surface area (Å²) in [7, 11) is 2.05. The molecule has 41 heavy (non-hydrogen) atoms. The first kappa shape index (κ1) is 31.8. The zero-order valence-electron chi connectivity index (χ0n) is 22.6. The number of aromatic nitrogens is 2. The van der Waals surface area contributed by atoms with E-state index in [2.05, 4.69) is 30.0 Å². The van der Waals surface area contributed by atoms with Gasteiger partial charge >= 0.3 is 6.03 Å². The molecule has 0 radical (unpaired) electrons. The Labute approximate surface area is 244 Å². The number of halogens is 1. The summed E-state index contributed by atoms with van der Waals surface area (Å²) in [6.07, 6.45) is 0. The molecule has 2 amide bonds. The molecule has 3 aromatic rings. The average Bonchev–Trinajstić information content (AvgIpc) is 3.20. The predicted molar refractivity (Wildman–Crippen MR) is 151 cm³/mol. The summed E-state index contributed by atoms with van der Waals surface area (Å²) >= 11 is 6.48. The number of nitrogens with one attached hydrogen (secondary N) is 1. The Hall–Kier alpha value is -3.76. The minimum atomic E-state index is -4.79. The molecule has 0 saturated heterocycles. The molecule has 0 saturated carbocycles. The van der Waals surface area contributed by atoms with Crippen molar-refractivity contribution in [3.05, 3.63) is 46.1 Å². The molecule has 3 N–H and O–H groups in total. The molecule has 0 aliphatic heterocycles. The van der Waals surface area contributed by atoms with Gasteiger partial charge in [-0.3, -0.25) is 4.55 Å². The summed E-state index contributed by atoms with van der Waals surface area (Å²) in [5, 5.41) is 37.4. The normalized spacial score (nSPS) is 11.5. The molecule has 1 heterocycles. The number of nitriles is 1. The molecule has 0 fully saturated rings. The second-order valence-corrected chi connectivity index (χ2v) is 11.4. The molecule has 2 aromatic carbocycles. The number of nitrogens with zero attached hydrogens (tertiary/aromatic N) is 7. The molecular weight excluding hydrogens is 600 g/mol. The summed E-state index contributed by atoms with van der Waals surface area (Å²) in [5.74, 6) is -0.125. The predicted octanol–water partition coefficient (Wildman–Crippen LogP) is 5.26. The number of carbonyl (C=O) groups is 1. The number of amides is 2. The third-order valence-corrected chi connectivity index (χ3v) is 7.47. The lowest BCUT2D eigenvalue weighted by Crippen LogP contribution is -2.27. The molecular formula is C23H25ClN8O7S2. The van der Waals surface area contributed by atoms with Gasteiger partial charge in [-0.05, 0) is 43.7 Å². The van der Waals surface area contributed by atoms with Crippen molar-refractivity contribution in [2.45, 2.75) is 23.6 Å². The van der Waals surface area contributed by atoms with E-state index in [-0.39, 0.29) is 38.4 Å². The van der Waals surface area contributed by atoms with E-state index in [9.17, 15) is 23.0 Å². The lowest BCUT2D eigenvalue weighted by molar-refractivity contribution is -0.432. The minimum Gasteiger partial charge on any atom is -0.377 e. The van der Waals surface area contributed by atoms with Gasteiger partial charge in [0.15, 0.2) is 5.82 Å². The van der Waals surface area contributed by atoms with E-state index in [0.29, 0.717) is 17.7 Å². The second kappa shape index (κ2) is 12.8. The first-order valence-electron chi connectivity index (χ1n) is 11.4. The van der Waals surface area contributed by atoms with Gasteiger partial charge in [0.2, 0.25) is 0 Å². The maximum Gasteiger partial charge on any atom is 0.321 e. The Bertz CT molecular complexity index is 1670. The highest BCUT2D eigenvalue weighted by molar-refractivity contribution is 7.94. The van der Waals surface area contributed by atoms with E-state index in [0.717, 1.165) is 28.1 Å². The first-order valence-corrected chi connectivity index (χ1v) is 13.9. The van der Waals surface area contributed by atoms with Crippen molar-refractivity contribution in [3.63, 3.8) is 0 Å². The molecule has 3 rings (SSSR count). The second-order valence-electron chi connectivity index (χ2n) is 8.83. The van der Waals surface area contributed by atoms with Gasteiger partial charge in [-0.2, -0.15) is 18.8 Å². The van der Waals surface area contributed by atoms with Crippen LogP contribution < -0.4 is 10.2 Å². The van der Waals surface area contributed by atoms with Crippen molar-refractivity contribution in [1.82, 2.24) is 14.7 Å². The van der Waals surface area contributed by atoms with E-state index >= 15 is 0 Å². The topological polar surface area (TPSA) is 195 Å². The van der Waals surface area contributed by atoms with Gasteiger partial charge in [0.25, 0.3) is 10.1 Å². The Morgan fingerprint density at radius 2 is 1.88 bits per heavy atom. The van der Waals surface area contributed by atoms with Gasteiger partial charge in [0, 0.05) is 33.9 Å². The van der Waals surface area contributed by atoms with Crippen molar-refractivity contribution < 1.29 is 32.4 Å². The van der Waals surface area contributed by atoms with E-state index in [1.807, 2.05) is 32.0 Å². The van der Waals surface area contributed by atoms with Gasteiger partial charge in [-0.15, -0.1) is 14.6 Å². The molecule has 18 heteroatoms. The smallest absolute Gasteiger partial charge is 0.321 e. The molecule has 0 atom stereocenters. The van der Waals surface area contributed by atoms with Crippen LogP contribution in [0.4, 0.5) is 27.7 Å². The maximum absolute atomic E-state index is 12.5. The van der Waals surface area contributed by atoms with Crippen LogP contribution in [0.15, 0.2) is 44.3 Å². The van der Waals surface area contributed by atoms with Crippen LogP contribution in [0.2, 0.25) is 5.02 Å². The summed E-state index contributed by atoms with van der Waals surface area (Å²) in [6.45, 7) is 3.37. The molecule has 218 valence electrons. The molecule has 0 spiro atoms. The van der Waals surface area contributed by atoms with Crippen molar-refractivity contribution in [3.8, 4) is 11.8 Å². The van der Waals surface area contributed by atoms with E-state index in [1.54, 1.807) is 26.2 Å². The molecule has 1 aromatic heterocycles. The molecule has 0 bridgehead atoms. The standard InChI is InChI=1S/C23H25ClN8O7S2/c1-12-7-17(16(9-18(12)30(3)4)26-23(33)31(5)6)27-28-22-14(11-25)13(2)29-32(22)19-10-21(41(35,36)37)15(24)8-20(19)40-39-38-34/h7-10,34H,1-6H3,(H,26,33)(H,35,36,37). The number of rotatable bonds is 9. The van der Waals surface area contributed by atoms with Crippen molar-refractivity contribution >= 4 is 62.7 Å². The number of hydrogen-bond donors (Lipinski definition) is 3. The number of benzene rings is 2. The number of azo groups is 1. The summed E-state index contributed by atoms with van der Waals surface area (Å²) < 4.78 is 39.2. The largest absolute Gasteiger partial charge is 0.377 e. The number of urea groups is 1. The summed E-state index contributed by atoms with van der Waals surface area (Å²) in [4.78, 5) is 15.1. The third-order valence-electron chi connectivity index (χ3n) is 5.52. The lowest BCUT2D eigenvalue weighted by Gasteiger charge is -2.19. The number of anilines is 2. The van der Waals surface area contributed by atoms with E-state index < -0.39 is 21.0 Å². The van der Waals surface area contributed by atoms with Crippen LogP contribution in [0.3, 0.4) is 0 Å². The van der Waals surface area contributed by atoms with Crippen molar-refractivity contribution in [2.75, 3.05) is 38.4 Å². The average molecular weight is 625 g/mol. The van der Waals surface area contributed by atoms with Crippen molar-refractivity contribution in [1.29, 1.82) is 5.26 Å². The minimum absolute atomic E-state index is 0.00658. The SMILES string of the molecule is Cc1cc(N=Nc2c(C#N)c(C)nn2-c2cc(S(=O)(=O)O)c(Cl)cc2SOOO)c(NC(=O)N(C)C)cc1N(C)C. The van der Waals surface area contributed by atoms with E-state index in [1.165, 1.54) is 11.8 Å². The fourth-order valence-electron chi connectivity index (χ4n) is 3.59. The Balaban J connectivity index is 2.28. The zero-order chi connectivity index (χ0) is 30.6. The summed E-state index contributed by atoms with van der Waals surface area (Å²) in [5.41, 5.74) is 2.33. The molecule has 0 aliphatic rings. The first-order chi connectivity index (χ1) is 19.2. The Kier molecular flexibility index (Phi) is 9.94. The molecule has 0 unspecified atom stereocenters. The molecule has 15 nitrogen and oxygen atoms in total. The summed E-state index contributed by atoms with van der Waals surface area (Å²) in [6, 6.07) is 7.08. The van der Waals surface area contributed by atoms with Crippen LogP contribution in [0.1, 0.15) is 16.8 Å². The Morgan fingerprint density at radius 1 is 1.20 bits per heavy atom. The Morgan fingerprint density at radius 3 is 2.44 bits per heavy atom. The van der Waals surface area contributed by atoms with Crippen LogP contribution in [0.5, 0.6) is 0 Å². The number of aryl methyl sites for hydroxylation is 2. The number of carbonyl (C=O) groups excluding carboxylic acids is 1. The third kappa shape index (κ3) is 7.12. The quantitative estimate of drug-likeness (QED) is 0.0922. The van der Waals surface area contributed by atoms with Gasteiger partial charge in [-0.25, -0.2) is 14.7 Å². The highest BCUT2D eigenvalue weighted by Gasteiger charge is 2.25. The monoisotopic (exact) mass is 624 g/mol. The maximum atomic E-state index is 12.5. The lowest BCUT2D eigenvalue weighted by atomic mass is 10.1. The van der Waals surface area contributed by atoms with Gasteiger partial charge in [0.1, 0.15) is 22.2 Å². The van der Waals surface area contributed by atoms with Gasteiger partial charge in [0.05, 0.1) is 39.0 Å². The highest BCUT2D eigenvalue weighted by Crippen LogP contribution is 2.39.